The second kappa shape index (κ2) is 6.81. The fourth-order valence-corrected chi connectivity index (χ4v) is 3.02. The van der Waals surface area contributed by atoms with Crippen molar-refractivity contribution in [3.05, 3.63) is 66.4 Å². The SMILES string of the molecule is C(=Cc1c[nH]c2ccccc12)CNCC1CNc2ccccc2O1. The van der Waals surface area contributed by atoms with Gasteiger partial charge in [-0.1, -0.05) is 42.5 Å². The number of anilines is 1. The lowest BCUT2D eigenvalue weighted by molar-refractivity contribution is 0.204. The van der Waals surface area contributed by atoms with Crippen LogP contribution in [0.3, 0.4) is 0 Å². The Labute approximate surface area is 141 Å². The maximum absolute atomic E-state index is 5.99. The van der Waals surface area contributed by atoms with Gasteiger partial charge in [-0.05, 0) is 23.8 Å². The van der Waals surface area contributed by atoms with E-state index in [2.05, 4.69) is 46.0 Å². The smallest absolute Gasteiger partial charge is 0.142 e. The van der Waals surface area contributed by atoms with Gasteiger partial charge in [0.1, 0.15) is 11.9 Å². The molecule has 0 amide bonds. The highest BCUT2D eigenvalue weighted by atomic mass is 16.5. The molecule has 4 heteroatoms. The maximum atomic E-state index is 5.99. The van der Waals surface area contributed by atoms with E-state index >= 15 is 0 Å². The first kappa shape index (κ1) is 14.8. The summed E-state index contributed by atoms with van der Waals surface area (Å²) >= 11 is 0. The van der Waals surface area contributed by atoms with Crippen LogP contribution in [0.25, 0.3) is 17.0 Å². The third-order valence-electron chi connectivity index (χ3n) is 4.25. The molecule has 3 N–H and O–H groups in total. The lowest BCUT2D eigenvalue weighted by atomic mass is 10.1. The van der Waals surface area contributed by atoms with Crippen LogP contribution < -0.4 is 15.4 Å². The first-order valence-corrected chi connectivity index (χ1v) is 8.33. The molecular weight excluding hydrogens is 298 g/mol. The molecule has 0 radical (unpaired) electrons. The molecule has 4 nitrogen and oxygen atoms in total. The maximum Gasteiger partial charge on any atom is 0.142 e. The van der Waals surface area contributed by atoms with E-state index in [-0.39, 0.29) is 6.10 Å². The summed E-state index contributed by atoms with van der Waals surface area (Å²) in [4.78, 5) is 3.29. The highest BCUT2D eigenvalue weighted by Gasteiger charge is 2.17. The number of rotatable bonds is 5. The third-order valence-corrected chi connectivity index (χ3v) is 4.25. The Bertz CT molecular complexity index is 853. The Balaban J connectivity index is 1.28. The minimum atomic E-state index is 0.154. The fraction of sp³-hybridized carbons (Fsp3) is 0.200. The number of H-pyrrole nitrogens is 1. The molecule has 2 aromatic carbocycles. The molecule has 1 unspecified atom stereocenters. The first-order chi connectivity index (χ1) is 11.9. The van der Waals surface area contributed by atoms with Crippen LogP contribution in [0, 0.1) is 0 Å². The van der Waals surface area contributed by atoms with Gasteiger partial charge in [-0.15, -0.1) is 0 Å². The number of nitrogens with one attached hydrogen (secondary N) is 3. The monoisotopic (exact) mass is 319 g/mol. The molecule has 0 bridgehead atoms. The topological polar surface area (TPSA) is 49.1 Å². The molecule has 1 aliphatic rings. The second-order valence-corrected chi connectivity index (χ2v) is 5.97. The van der Waals surface area contributed by atoms with Crippen molar-refractivity contribution in [3.8, 4) is 5.75 Å². The number of benzene rings is 2. The Morgan fingerprint density at radius 1 is 1.12 bits per heavy atom. The summed E-state index contributed by atoms with van der Waals surface area (Å²) in [5.41, 5.74) is 3.47. The minimum Gasteiger partial charge on any atom is -0.485 e. The number of hydrogen-bond donors (Lipinski definition) is 3. The standard InChI is InChI=1S/C20H21N3O/c1-2-8-18-17(7-1)15(12-22-18)6-5-11-21-13-16-14-23-19-9-3-4-10-20(19)24-16/h1-10,12,16,21-23H,11,13-14H2. The van der Waals surface area contributed by atoms with Crippen LogP contribution in [0.15, 0.2) is 60.8 Å². The van der Waals surface area contributed by atoms with E-state index in [0.717, 1.165) is 31.1 Å². The zero-order valence-electron chi connectivity index (χ0n) is 13.5. The van der Waals surface area contributed by atoms with Crippen molar-refractivity contribution in [2.75, 3.05) is 25.0 Å². The summed E-state index contributed by atoms with van der Waals surface area (Å²) in [7, 11) is 0. The van der Waals surface area contributed by atoms with E-state index in [1.54, 1.807) is 0 Å². The molecule has 0 spiro atoms. The summed E-state index contributed by atoms with van der Waals surface area (Å²) in [6.45, 7) is 2.47. The van der Waals surface area contributed by atoms with Crippen LogP contribution in [0.2, 0.25) is 0 Å². The molecule has 2 heterocycles. The van der Waals surface area contributed by atoms with Gasteiger partial charge in [-0.2, -0.15) is 0 Å². The quantitative estimate of drug-likeness (QED) is 0.629. The number of aromatic amines is 1. The summed E-state index contributed by atoms with van der Waals surface area (Å²) in [6.07, 6.45) is 6.51. The Kier molecular flexibility index (Phi) is 4.21. The normalized spacial score (nSPS) is 16.8. The fourth-order valence-electron chi connectivity index (χ4n) is 3.02. The van der Waals surface area contributed by atoms with Gasteiger partial charge in [0.25, 0.3) is 0 Å². The van der Waals surface area contributed by atoms with E-state index in [4.69, 9.17) is 4.74 Å². The van der Waals surface area contributed by atoms with Crippen molar-refractivity contribution in [1.29, 1.82) is 0 Å². The number of hydrogen-bond acceptors (Lipinski definition) is 3. The highest BCUT2D eigenvalue weighted by molar-refractivity contribution is 5.88. The zero-order chi connectivity index (χ0) is 16.2. The van der Waals surface area contributed by atoms with Gasteiger partial charge >= 0.3 is 0 Å². The van der Waals surface area contributed by atoms with Crippen LogP contribution in [-0.4, -0.2) is 30.7 Å². The highest BCUT2D eigenvalue weighted by Crippen LogP contribution is 2.27. The summed E-state index contributed by atoms with van der Waals surface area (Å²) in [5, 5.41) is 8.10. The molecule has 4 rings (SSSR count). The van der Waals surface area contributed by atoms with Crippen LogP contribution >= 0.6 is 0 Å². The molecule has 122 valence electrons. The molecule has 0 fully saturated rings. The summed E-state index contributed by atoms with van der Waals surface area (Å²) < 4.78 is 5.99. The van der Waals surface area contributed by atoms with Crippen molar-refractivity contribution in [2.24, 2.45) is 0 Å². The largest absolute Gasteiger partial charge is 0.485 e. The lowest BCUT2D eigenvalue weighted by Gasteiger charge is -2.27. The number of fused-ring (bicyclic) bond motifs is 2. The van der Waals surface area contributed by atoms with Crippen molar-refractivity contribution in [2.45, 2.75) is 6.10 Å². The van der Waals surface area contributed by atoms with Gasteiger partial charge < -0.3 is 20.4 Å². The average Bonchev–Trinajstić information content (AvgIpc) is 3.05. The van der Waals surface area contributed by atoms with Crippen molar-refractivity contribution < 1.29 is 4.74 Å². The van der Waals surface area contributed by atoms with Crippen molar-refractivity contribution >= 4 is 22.7 Å². The minimum absolute atomic E-state index is 0.154. The van der Waals surface area contributed by atoms with E-state index < -0.39 is 0 Å². The van der Waals surface area contributed by atoms with E-state index in [0.29, 0.717) is 0 Å². The number of ether oxygens (including phenoxy) is 1. The molecule has 3 aromatic rings. The lowest BCUT2D eigenvalue weighted by Crippen LogP contribution is -2.39. The molecule has 0 saturated carbocycles. The van der Waals surface area contributed by atoms with E-state index in [1.165, 1.54) is 16.5 Å². The molecule has 1 aliphatic heterocycles. The molecular formula is C20H21N3O. The van der Waals surface area contributed by atoms with Gasteiger partial charge in [0.05, 0.1) is 12.2 Å². The molecule has 0 aliphatic carbocycles. The van der Waals surface area contributed by atoms with Gasteiger partial charge in [-0.3, -0.25) is 0 Å². The Hall–Kier alpha value is -2.72. The summed E-state index contributed by atoms with van der Waals surface area (Å²) in [5.74, 6) is 0.935. The van der Waals surface area contributed by atoms with Crippen molar-refractivity contribution in [1.82, 2.24) is 10.3 Å². The van der Waals surface area contributed by atoms with Crippen LogP contribution in [0.4, 0.5) is 5.69 Å². The predicted molar refractivity (Wildman–Crippen MR) is 99.6 cm³/mol. The zero-order valence-corrected chi connectivity index (χ0v) is 13.5. The van der Waals surface area contributed by atoms with Gasteiger partial charge in [-0.25, -0.2) is 0 Å². The van der Waals surface area contributed by atoms with Crippen LogP contribution in [-0.2, 0) is 0 Å². The number of para-hydroxylation sites is 3. The van der Waals surface area contributed by atoms with Crippen molar-refractivity contribution in [3.63, 3.8) is 0 Å². The molecule has 1 atom stereocenters. The molecule has 0 saturated heterocycles. The van der Waals surface area contributed by atoms with Gasteiger partial charge in [0.15, 0.2) is 0 Å². The predicted octanol–water partition coefficient (Wildman–Crippen LogP) is 3.64. The van der Waals surface area contributed by atoms with Gasteiger partial charge in [0.2, 0.25) is 0 Å². The van der Waals surface area contributed by atoms with Crippen LogP contribution in [0.5, 0.6) is 5.75 Å². The van der Waals surface area contributed by atoms with Crippen LogP contribution in [0.1, 0.15) is 5.56 Å². The molecule has 24 heavy (non-hydrogen) atoms. The average molecular weight is 319 g/mol. The Morgan fingerprint density at radius 2 is 2.00 bits per heavy atom. The van der Waals surface area contributed by atoms with E-state index in [1.807, 2.05) is 36.5 Å². The second-order valence-electron chi connectivity index (χ2n) is 5.97. The van der Waals surface area contributed by atoms with E-state index in [9.17, 15) is 0 Å². The Morgan fingerprint density at radius 3 is 3.00 bits per heavy atom. The van der Waals surface area contributed by atoms with Gasteiger partial charge in [0, 0.05) is 30.2 Å². The first-order valence-electron chi connectivity index (χ1n) is 8.33. The molecule has 1 aromatic heterocycles. The summed E-state index contributed by atoms with van der Waals surface area (Å²) in [6, 6.07) is 16.4. The third kappa shape index (κ3) is 3.14. The number of aromatic nitrogens is 1.